The number of methoxy groups -OCH3 is 1. The van der Waals surface area contributed by atoms with Crippen LogP contribution in [0, 0.1) is 29.6 Å². The summed E-state index contributed by atoms with van der Waals surface area (Å²) in [6.07, 6.45) is 16.7. The van der Waals surface area contributed by atoms with Gasteiger partial charge in [0.1, 0.15) is 17.9 Å². The highest BCUT2D eigenvalue weighted by Crippen LogP contribution is 2.37. The molecular formula is C46H71NO10. The van der Waals surface area contributed by atoms with Crippen LogP contribution in [0.3, 0.4) is 0 Å². The van der Waals surface area contributed by atoms with Crippen molar-refractivity contribution in [2.24, 2.45) is 29.6 Å². The number of Topliss-reactive ketones (excluding diaryl/α,β-unsaturated/α-hetero) is 2. The zero-order chi connectivity index (χ0) is 41.9. The summed E-state index contributed by atoms with van der Waals surface area (Å²) in [6, 6.07) is -1.01. The lowest BCUT2D eigenvalue weighted by Gasteiger charge is -2.42. The number of hydrogen-bond acceptors (Lipinski definition) is 10. The van der Waals surface area contributed by atoms with Crippen LogP contribution in [-0.4, -0.2) is 99.7 Å². The fraction of sp³-hybridized carbons (Fsp3) is 0.739. The Kier molecular flexibility index (Phi) is 17.9. The van der Waals surface area contributed by atoms with Crippen molar-refractivity contribution >= 4 is 23.4 Å². The first-order valence-electron chi connectivity index (χ1n) is 21.6. The highest BCUT2D eigenvalue weighted by Gasteiger charge is 2.53. The van der Waals surface area contributed by atoms with Crippen LogP contribution in [0.15, 0.2) is 47.6 Å². The predicted octanol–water partition coefficient (Wildman–Crippen LogP) is 6.73. The highest BCUT2D eigenvalue weighted by atomic mass is 16.6. The van der Waals surface area contributed by atoms with E-state index in [1.54, 1.807) is 21.0 Å². The van der Waals surface area contributed by atoms with E-state index in [0.29, 0.717) is 62.9 Å². The van der Waals surface area contributed by atoms with Crippen LogP contribution in [0.5, 0.6) is 0 Å². The Morgan fingerprint density at radius 2 is 1.63 bits per heavy atom. The molecule has 11 nitrogen and oxygen atoms in total. The van der Waals surface area contributed by atoms with E-state index in [2.05, 4.69) is 6.92 Å². The van der Waals surface area contributed by atoms with Gasteiger partial charge in [0.2, 0.25) is 5.79 Å². The minimum atomic E-state index is -2.36. The molecule has 0 aromatic heterocycles. The first-order chi connectivity index (χ1) is 27.0. The number of aliphatic hydroxyl groups excluding tert-OH is 2. The smallest absolute Gasteiger partial charge is 0.329 e. The molecule has 3 fully saturated rings. The number of cyclic esters (lactones) is 1. The van der Waals surface area contributed by atoms with Crippen LogP contribution in [-0.2, 0) is 33.4 Å². The van der Waals surface area contributed by atoms with Gasteiger partial charge in [-0.25, -0.2) is 4.79 Å². The van der Waals surface area contributed by atoms with Crippen LogP contribution < -0.4 is 0 Å². The lowest BCUT2D eigenvalue weighted by atomic mass is 9.80. The Labute approximate surface area is 341 Å². The Hall–Kier alpha value is -2.96. The minimum absolute atomic E-state index is 0.0162. The zero-order valence-electron chi connectivity index (χ0n) is 35.6. The average Bonchev–Trinajstić information content (AvgIpc) is 3.19. The van der Waals surface area contributed by atoms with Crippen LogP contribution in [0.25, 0.3) is 0 Å². The molecule has 1 amide bonds. The molecule has 3 heterocycles. The van der Waals surface area contributed by atoms with Gasteiger partial charge in [-0.05, 0) is 113 Å². The normalized spacial score (nSPS) is 40.0. The highest BCUT2D eigenvalue weighted by molar-refractivity contribution is 6.39. The number of carbonyl (C=O) groups is 4. The van der Waals surface area contributed by atoms with Crippen molar-refractivity contribution < 1.29 is 48.7 Å². The molecule has 57 heavy (non-hydrogen) atoms. The van der Waals surface area contributed by atoms with Crippen molar-refractivity contribution in [2.45, 2.75) is 174 Å². The summed E-state index contributed by atoms with van der Waals surface area (Å²) in [6.45, 7) is 11.6. The molecule has 0 spiro atoms. The molecular weight excluding hydrogens is 727 g/mol. The van der Waals surface area contributed by atoms with Gasteiger partial charge in [-0.2, -0.15) is 0 Å². The third kappa shape index (κ3) is 13.0. The van der Waals surface area contributed by atoms with Gasteiger partial charge in [0.25, 0.3) is 11.7 Å². The van der Waals surface area contributed by atoms with Gasteiger partial charge in [-0.3, -0.25) is 14.4 Å². The van der Waals surface area contributed by atoms with Gasteiger partial charge in [-0.1, -0.05) is 64.2 Å². The molecule has 1 unspecified atom stereocenters. The number of fused-ring (bicyclic) bond motifs is 3. The Bertz CT molecular complexity index is 1490. The Balaban J connectivity index is 1.64. The summed E-state index contributed by atoms with van der Waals surface area (Å²) in [5, 5.41) is 33.1. The summed E-state index contributed by atoms with van der Waals surface area (Å²) >= 11 is 0. The third-order valence-corrected chi connectivity index (χ3v) is 13.1. The van der Waals surface area contributed by atoms with Crippen LogP contribution in [0.4, 0.5) is 0 Å². The van der Waals surface area contributed by atoms with E-state index in [-0.39, 0.29) is 48.7 Å². The fourth-order valence-electron chi connectivity index (χ4n) is 8.99. The molecule has 0 aromatic rings. The number of hydrogen-bond donors (Lipinski definition) is 3. The van der Waals surface area contributed by atoms with Crippen molar-refractivity contribution in [3.63, 3.8) is 0 Å². The number of esters is 1. The molecule has 3 aliphatic heterocycles. The molecule has 0 radical (unpaired) electrons. The van der Waals surface area contributed by atoms with Crippen molar-refractivity contribution in [3.05, 3.63) is 47.6 Å². The lowest BCUT2D eigenvalue weighted by Crippen LogP contribution is -2.61. The molecule has 4 rings (SSSR count). The lowest BCUT2D eigenvalue weighted by molar-refractivity contribution is -0.265. The van der Waals surface area contributed by atoms with Gasteiger partial charge in [-0.15, -0.1) is 0 Å². The number of rotatable bonds is 4. The standard InChI is InChI=1S/C46H71NO10/c1-29-13-9-8-10-14-31(3)42(55-7)27-37-22-17-34(6)46(54,57-37)43(51)44(52)47-24-12-11-15-38(47)45(53)56-41(33(5)26-35-18-20-36(48)21-19-35)23-16-30(2)39(49)28-40(50)32(4)25-29/h8-10,13-14,16,29,32-39,41-42,48-49,54H,11-12,15,17-28H2,1-7H3/b10-8-,13-9-,30-16-,31-14-/t29-,32-,33-,34-,35?,36?,37+,38+,39+,41?,42+,46-/m1/s1. The molecule has 320 valence electrons. The number of nitrogens with zero attached hydrogens (tertiary/aromatic N) is 1. The minimum Gasteiger partial charge on any atom is -0.460 e. The summed E-state index contributed by atoms with van der Waals surface area (Å²) in [5.74, 6) is -5.53. The fourth-order valence-corrected chi connectivity index (χ4v) is 8.99. The molecule has 11 heteroatoms. The number of aliphatic hydroxyl groups is 3. The van der Waals surface area contributed by atoms with E-state index in [9.17, 15) is 34.5 Å². The number of piperidine rings is 1. The van der Waals surface area contributed by atoms with Gasteiger partial charge in [0.15, 0.2) is 0 Å². The van der Waals surface area contributed by atoms with E-state index in [0.717, 1.165) is 37.7 Å². The molecule has 2 bridgehead atoms. The average molecular weight is 798 g/mol. The predicted molar refractivity (Wildman–Crippen MR) is 219 cm³/mol. The van der Waals surface area contributed by atoms with Gasteiger partial charge >= 0.3 is 5.97 Å². The topological polar surface area (TPSA) is 160 Å². The summed E-state index contributed by atoms with van der Waals surface area (Å²) in [7, 11) is 1.60. The van der Waals surface area contributed by atoms with Crippen molar-refractivity contribution in [1.29, 1.82) is 0 Å². The van der Waals surface area contributed by atoms with Gasteiger partial charge < -0.3 is 34.4 Å². The number of ether oxygens (including phenoxy) is 3. The number of ketones is 2. The Morgan fingerprint density at radius 1 is 0.912 bits per heavy atom. The molecule has 1 aliphatic carbocycles. The number of allylic oxidation sites excluding steroid dienone is 5. The third-order valence-electron chi connectivity index (χ3n) is 13.1. The second-order valence-electron chi connectivity index (χ2n) is 17.7. The van der Waals surface area contributed by atoms with Crippen molar-refractivity contribution in [3.8, 4) is 0 Å². The van der Waals surface area contributed by atoms with Crippen molar-refractivity contribution in [2.75, 3.05) is 13.7 Å². The molecule has 10 atom stereocenters. The van der Waals surface area contributed by atoms with Crippen molar-refractivity contribution in [1.82, 2.24) is 4.90 Å². The second-order valence-corrected chi connectivity index (χ2v) is 17.7. The van der Waals surface area contributed by atoms with Crippen LogP contribution >= 0.6 is 0 Å². The maximum absolute atomic E-state index is 14.1. The van der Waals surface area contributed by atoms with E-state index < -0.39 is 53.7 Å². The van der Waals surface area contributed by atoms with E-state index in [1.165, 1.54) is 4.90 Å². The SMILES string of the molecule is CO[C@H]1C[C@@H]2CC[C@@H](C)[C@@](O)(O2)C(=O)C(=O)N2CCCC[C@H]2C(=O)OC([C@H](C)CC2CCC(O)CC2)C/C=C(/C)[C@@H](O)CC(=O)[C@H](C)C[C@H](C)\C=C/C=C\C=C/1C. The van der Waals surface area contributed by atoms with Gasteiger partial charge in [0, 0.05) is 44.8 Å². The summed E-state index contributed by atoms with van der Waals surface area (Å²) in [5.41, 5.74) is 1.54. The van der Waals surface area contributed by atoms with Crippen LogP contribution in [0.1, 0.15) is 131 Å². The summed E-state index contributed by atoms with van der Waals surface area (Å²) in [4.78, 5) is 56.8. The first-order valence-corrected chi connectivity index (χ1v) is 21.6. The number of carbonyl (C=O) groups excluding carboxylic acids is 4. The quantitative estimate of drug-likeness (QED) is 0.158. The molecule has 2 saturated heterocycles. The number of amides is 1. The molecule has 1 saturated carbocycles. The Morgan fingerprint density at radius 3 is 2.33 bits per heavy atom. The second kappa shape index (κ2) is 21.9. The zero-order valence-corrected chi connectivity index (χ0v) is 35.6. The monoisotopic (exact) mass is 798 g/mol. The first kappa shape index (κ1) is 46.7. The van der Waals surface area contributed by atoms with E-state index in [1.807, 2.05) is 57.2 Å². The molecule has 3 N–H and O–H groups in total. The van der Waals surface area contributed by atoms with Crippen LogP contribution in [0.2, 0.25) is 0 Å². The maximum atomic E-state index is 14.1. The van der Waals surface area contributed by atoms with Gasteiger partial charge in [0.05, 0.1) is 24.4 Å². The van der Waals surface area contributed by atoms with E-state index in [4.69, 9.17) is 14.2 Å². The van der Waals surface area contributed by atoms with E-state index >= 15 is 0 Å². The largest absolute Gasteiger partial charge is 0.460 e. The molecule has 4 aliphatic rings. The maximum Gasteiger partial charge on any atom is 0.329 e. The molecule has 0 aromatic carbocycles. The summed E-state index contributed by atoms with van der Waals surface area (Å²) < 4.78 is 18.2.